The first-order valence-electron chi connectivity index (χ1n) is 10.4. The van der Waals surface area contributed by atoms with Crippen LogP contribution in [0.5, 0.6) is 5.88 Å². The van der Waals surface area contributed by atoms with Crippen LogP contribution in [0, 0.1) is 0 Å². The SMILES string of the molecule is CCCc1ccccc1N(CC)c1ncc(C(F)(F)F)c(OC2CCCCC2)n1. The number of anilines is 2. The summed E-state index contributed by atoms with van der Waals surface area (Å²) in [5, 5.41) is 0. The van der Waals surface area contributed by atoms with Gasteiger partial charge in [-0.2, -0.15) is 18.2 Å². The molecule has 0 aliphatic heterocycles. The van der Waals surface area contributed by atoms with E-state index in [1.54, 1.807) is 0 Å². The Bertz CT molecular complexity index is 804. The number of aromatic nitrogens is 2. The third kappa shape index (κ3) is 5.19. The Kier molecular flexibility index (Phi) is 6.98. The number of hydrogen-bond acceptors (Lipinski definition) is 4. The van der Waals surface area contributed by atoms with E-state index in [4.69, 9.17) is 4.74 Å². The van der Waals surface area contributed by atoms with Crippen molar-refractivity contribution in [3.63, 3.8) is 0 Å². The summed E-state index contributed by atoms with van der Waals surface area (Å²) in [6, 6.07) is 7.87. The first-order valence-corrected chi connectivity index (χ1v) is 10.4. The highest BCUT2D eigenvalue weighted by atomic mass is 19.4. The quantitative estimate of drug-likeness (QED) is 0.538. The van der Waals surface area contributed by atoms with Gasteiger partial charge in [0.2, 0.25) is 11.8 Å². The highest BCUT2D eigenvalue weighted by Crippen LogP contribution is 2.38. The van der Waals surface area contributed by atoms with E-state index in [0.29, 0.717) is 6.54 Å². The topological polar surface area (TPSA) is 38.2 Å². The van der Waals surface area contributed by atoms with Crippen molar-refractivity contribution in [1.82, 2.24) is 9.97 Å². The molecule has 0 atom stereocenters. The first-order chi connectivity index (χ1) is 13.9. The van der Waals surface area contributed by atoms with Crippen LogP contribution in [-0.4, -0.2) is 22.6 Å². The van der Waals surface area contributed by atoms with Crippen LogP contribution in [0.15, 0.2) is 30.5 Å². The molecule has 0 unspecified atom stereocenters. The van der Waals surface area contributed by atoms with Gasteiger partial charge in [-0.15, -0.1) is 0 Å². The molecular weight excluding hydrogens is 379 g/mol. The third-order valence-corrected chi connectivity index (χ3v) is 5.24. The molecule has 3 rings (SSSR count). The number of nitrogens with zero attached hydrogens (tertiary/aromatic N) is 3. The highest BCUT2D eigenvalue weighted by molar-refractivity contribution is 5.62. The van der Waals surface area contributed by atoms with E-state index in [2.05, 4.69) is 16.9 Å². The second-order valence-corrected chi connectivity index (χ2v) is 7.39. The minimum atomic E-state index is -4.56. The predicted octanol–water partition coefficient (Wildman–Crippen LogP) is 6.32. The Balaban J connectivity index is 1.99. The van der Waals surface area contributed by atoms with Gasteiger partial charge in [0.1, 0.15) is 11.7 Å². The standard InChI is InChI=1S/C22H28F3N3O/c1-3-10-16-11-8-9-14-19(16)28(4-2)21-26-15-18(22(23,24)25)20(27-21)29-17-12-6-5-7-13-17/h8-9,11,14-15,17H,3-7,10,12-13H2,1-2H3. The maximum absolute atomic E-state index is 13.5. The summed E-state index contributed by atoms with van der Waals surface area (Å²) in [4.78, 5) is 10.2. The van der Waals surface area contributed by atoms with E-state index < -0.39 is 11.7 Å². The van der Waals surface area contributed by atoms with Crippen molar-refractivity contribution in [2.45, 2.75) is 71.1 Å². The van der Waals surface area contributed by atoms with E-state index in [-0.39, 0.29) is 17.9 Å². The molecule has 29 heavy (non-hydrogen) atoms. The number of ether oxygens (including phenoxy) is 1. The van der Waals surface area contributed by atoms with Crippen molar-refractivity contribution in [2.24, 2.45) is 0 Å². The largest absolute Gasteiger partial charge is 0.474 e. The van der Waals surface area contributed by atoms with Crippen molar-refractivity contribution in [3.8, 4) is 5.88 Å². The van der Waals surface area contributed by atoms with Crippen molar-refractivity contribution in [1.29, 1.82) is 0 Å². The average molecular weight is 407 g/mol. The van der Waals surface area contributed by atoms with Crippen molar-refractivity contribution < 1.29 is 17.9 Å². The first kappa shape index (κ1) is 21.4. The number of hydrogen-bond donors (Lipinski definition) is 0. The number of benzene rings is 1. The zero-order valence-electron chi connectivity index (χ0n) is 17.0. The molecule has 1 aromatic carbocycles. The van der Waals surface area contributed by atoms with Crippen LogP contribution in [0.4, 0.5) is 24.8 Å². The number of alkyl halides is 3. The predicted molar refractivity (Wildman–Crippen MR) is 108 cm³/mol. The summed E-state index contributed by atoms with van der Waals surface area (Å²) >= 11 is 0. The summed E-state index contributed by atoms with van der Waals surface area (Å²) < 4.78 is 46.4. The fraction of sp³-hybridized carbons (Fsp3) is 0.545. The second kappa shape index (κ2) is 9.46. The normalized spacial score (nSPS) is 15.3. The zero-order valence-corrected chi connectivity index (χ0v) is 17.0. The van der Waals surface area contributed by atoms with Crippen LogP contribution in [0.25, 0.3) is 0 Å². The van der Waals surface area contributed by atoms with Gasteiger partial charge in [0.25, 0.3) is 0 Å². The fourth-order valence-electron chi connectivity index (χ4n) is 3.79. The van der Waals surface area contributed by atoms with Crippen LogP contribution >= 0.6 is 0 Å². The van der Waals surface area contributed by atoms with Gasteiger partial charge in [-0.1, -0.05) is 38.0 Å². The molecule has 0 amide bonds. The molecule has 1 heterocycles. The molecule has 1 aliphatic carbocycles. The molecule has 0 N–H and O–H groups in total. The Morgan fingerprint density at radius 2 is 1.83 bits per heavy atom. The number of rotatable bonds is 7. The summed E-state index contributed by atoms with van der Waals surface area (Å²) in [6.45, 7) is 4.57. The van der Waals surface area contributed by atoms with Gasteiger partial charge in [0, 0.05) is 18.4 Å². The van der Waals surface area contributed by atoms with Gasteiger partial charge in [-0.05, 0) is 50.7 Å². The number of halogens is 3. The van der Waals surface area contributed by atoms with Crippen LogP contribution in [-0.2, 0) is 12.6 Å². The highest BCUT2D eigenvalue weighted by Gasteiger charge is 2.37. The van der Waals surface area contributed by atoms with Gasteiger partial charge < -0.3 is 9.64 Å². The van der Waals surface area contributed by atoms with Gasteiger partial charge in [-0.25, -0.2) is 4.98 Å². The van der Waals surface area contributed by atoms with Gasteiger partial charge >= 0.3 is 6.18 Å². The molecule has 158 valence electrons. The van der Waals surface area contributed by atoms with Gasteiger partial charge in [0.05, 0.1) is 0 Å². The molecule has 0 bridgehead atoms. The van der Waals surface area contributed by atoms with E-state index in [9.17, 15) is 13.2 Å². The minimum Gasteiger partial charge on any atom is -0.474 e. The lowest BCUT2D eigenvalue weighted by Crippen LogP contribution is -2.25. The van der Waals surface area contributed by atoms with E-state index in [0.717, 1.165) is 62.4 Å². The molecule has 0 radical (unpaired) electrons. The number of para-hydroxylation sites is 1. The maximum Gasteiger partial charge on any atom is 0.423 e. The summed E-state index contributed by atoms with van der Waals surface area (Å²) in [6.07, 6.45) is 2.46. The molecule has 0 saturated heterocycles. The second-order valence-electron chi connectivity index (χ2n) is 7.39. The molecule has 7 heteroatoms. The average Bonchev–Trinajstić information content (AvgIpc) is 2.70. The van der Waals surface area contributed by atoms with Crippen LogP contribution < -0.4 is 9.64 Å². The van der Waals surface area contributed by atoms with E-state index in [1.807, 2.05) is 36.1 Å². The zero-order chi connectivity index (χ0) is 20.9. The third-order valence-electron chi connectivity index (χ3n) is 5.24. The van der Waals surface area contributed by atoms with Crippen molar-refractivity contribution in [3.05, 3.63) is 41.6 Å². The Morgan fingerprint density at radius 3 is 2.48 bits per heavy atom. The molecule has 4 nitrogen and oxygen atoms in total. The molecule has 1 aliphatic rings. The molecule has 0 spiro atoms. The van der Waals surface area contributed by atoms with Gasteiger partial charge in [0.15, 0.2) is 0 Å². The fourth-order valence-corrected chi connectivity index (χ4v) is 3.79. The molecular formula is C22H28F3N3O. The monoisotopic (exact) mass is 407 g/mol. The molecule has 2 aromatic rings. The van der Waals surface area contributed by atoms with Gasteiger partial charge in [-0.3, -0.25) is 0 Å². The smallest absolute Gasteiger partial charge is 0.423 e. The maximum atomic E-state index is 13.5. The van der Waals surface area contributed by atoms with Crippen LogP contribution in [0.3, 0.4) is 0 Å². The Morgan fingerprint density at radius 1 is 1.10 bits per heavy atom. The lowest BCUT2D eigenvalue weighted by molar-refractivity contribution is -0.140. The van der Waals surface area contributed by atoms with Crippen molar-refractivity contribution in [2.75, 3.05) is 11.4 Å². The van der Waals surface area contributed by atoms with Crippen LogP contribution in [0.2, 0.25) is 0 Å². The molecule has 1 aromatic heterocycles. The van der Waals surface area contributed by atoms with E-state index >= 15 is 0 Å². The Hall–Kier alpha value is -2.31. The number of aryl methyl sites for hydroxylation is 1. The summed E-state index contributed by atoms with van der Waals surface area (Å²) in [5.74, 6) is -0.129. The molecule has 1 fully saturated rings. The lowest BCUT2D eigenvalue weighted by atomic mass is 9.98. The lowest BCUT2D eigenvalue weighted by Gasteiger charge is -2.27. The summed E-state index contributed by atoms with van der Waals surface area (Å²) in [5.41, 5.74) is 1.13. The van der Waals surface area contributed by atoms with Crippen molar-refractivity contribution >= 4 is 11.6 Å². The molecule has 1 saturated carbocycles. The van der Waals surface area contributed by atoms with Crippen LogP contribution in [0.1, 0.15) is 63.5 Å². The minimum absolute atomic E-state index is 0.227. The van der Waals surface area contributed by atoms with E-state index in [1.165, 1.54) is 0 Å². The summed E-state index contributed by atoms with van der Waals surface area (Å²) in [7, 11) is 0. The Labute approximate surface area is 170 Å².